The summed E-state index contributed by atoms with van der Waals surface area (Å²) in [7, 11) is 2.74. The Balaban J connectivity index is 2.38. The van der Waals surface area contributed by atoms with Gasteiger partial charge in [-0.05, 0) is 24.1 Å². The van der Waals surface area contributed by atoms with Gasteiger partial charge in [0.05, 0.1) is 33.2 Å². The maximum atomic E-state index is 12.0. The Hall–Kier alpha value is -2.04. The monoisotopic (exact) mass is 306 g/mol. The third-order valence-corrected chi connectivity index (χ3v) is 4.26. The number of hydrogen-bond acceptors (Lipinski definition) is 5. The van der Waals surface area contributed by atoms with Crippen LogP contribution < -0.4 is 4.74 Å². The molecule has 0 saturated carbocycles. The lowest BCUT2D eigenvalue weighted by Crippen LogP contribution is -2.35. The topological polar surface area (TPSA) is 61.8 Å². The van der Waals surface area contributed by atoms with Crippen LogP contribution in [0.25, 0.3) is 0 Å². The highest BCUT2D eigenvalue weighted by Gasteiger charge is 2.39. The fraction of sp³-hybridized carbons (Fsp3) is 0.529. The second kappa shape index (κ2) is 6.81. The predicted octanol–water partition coefficient (Wildman–Crippen LogP) is 2.46. The minimum absolute atomic E-state index is 0.114. The highest BCUT2D eigenvalue weighted by Crippen LogP contribution is 2.43. The van der Waals surface area contributed by atoms with Crippen LogP contribution in [-0.2, 0) is 19.1 Å². The van der Waals surface area contributed by atoms with Crippen molar-refractivity contribution in [3.63, 3.8) is 0 Å². The van der Waals surface area contributed by atoms with Crippen molar-refractivity contribution in [2.45, 2.75) is 26.2 Å². The molecule has 3 atom stereocenters. The van der Waals surface area contributed by atoms with Gasteiger partial charge in [-0.15, -0.1) is 0 Å². The van der Waals surface area contributed by atoms with E-state index >= 15 is 0 Å². The van der Waals surface area contributed by atoms with Crippen molar-refractivity contribution in [3.8, 4) is 5.75 Å². The second-order valence-corrected chi connectivity index (χ2v) is 5.73. The van der Waals surface area contributed by atoms with E-state index in [-0.39, 0.29) is 36.1 Å². The van der Waals surface area contributed by atoms with E-state index in [9.17, 15) is 9.59 Å². The summed E-state index contributed by atoms with van der Waals surface area (Å²) in [5, 5.41) is 0. The predicted molar refractivity (Wildman–Crippen MR) is 80.7 cm³/mol. The first kappa shape index (κ1) is 16.3. The molecule has 0 aliphatic carbocycles. The molecule has 5 nitrogen and oxygen atoms in total. The maximum Gasteiger partial charge on any atom is 0.309 e. The average Bonchev–Trinajstić information content (AvgIpc) is 2.53. The molecule has 22 heavy (non-hydrogen) atoms. The van der Waals surface area contributed by atoms with Gasteiger partial charge in [0.2, 0.25) is 0 Å². The van der Waals surface area contributed by atoms with Crippen LogP contribution in [-0.4, -0.2) is 32.8 Å². The first-order valence-corrected chi connectivity index (χ1v) is 7.36. The van der Waals surface area contributed by atoms with Crippen molar-refractivity contribution < 1.29 is 23.8 Å². The number of carbonyl (C=O) groups is 2. The van der Waals surface area contributed by atoms with Gasteiger partial charge < -0.3 is 14.2 Å². The summed E-state index contributed by atoms with van der Waals surface area (Å²) in [6.45, 7) is 4.20. The number of ether oxygens (including phenoxy) is 3. The molecule has 3 unspecified atom stereocenters. The summed E-state index contributed by atoms with van der Waals surface area (Å²) in [5.74, 6) is -0.404. The van der Waals surface area contributed by atoms with Crippen LogP contribution in [0, 0.1) is 18.8 Å². The van der Waals surface area contributed by atoms with Crippen molar-refractivity contribution in [2.75, 3.05) is 20.8 Å². The lowest BCUT2D eigenvalue weighted by molar-refractivity contribution is -0.148. The van der Waals surface area contributed by atoms with E-state index in [1.165, 1.54) is 14.2 Å². The van der Waals surface area contributed by atoms with Gasteiger partial charge in [-0.2, -0.15) is 0 Å². The molecule has 120 valence electrons. The molecule has 0 spiro atoms. The van der Waals surface area contributed by atoms with Gasteiger partial charge in [-0.3, -0.25) is 9.59 Å². The average molecular weight is 306 g/mol. The number of benzene rings is 1. The zero-order valence-corrected chi connectivity index (χ0v) is 13.4. The van der Waals surface area contributed by atoms with Gasteiger partial charge in [-0.25, -0.2) is 0 Å². The zero-order chi connectivity index (χ0) is 16.3. The summed E-state index contributed by atoms with van der Waals surface area (Å²) in [4.78, 5) is 23.7. The molecule has 0 radical (unpaired) electrons. The highest BCUT2D eigenvalue weighted by atomic mass is 16.5. The highest BCUT2D eigenvalue weighted by molar-refractivity contribution is 5.74. The zero-order valence-electron chi connectivity index (χ0n) is 13.4. The van der Waals surface area contributed by atoms with Gasteiger partial charge >= 0.3 is 11.9 Å². The molecule has 0 fully saturated rings. The lowest BCUT2D eigenvalue weighted by Gasteiger charge is -2.36. The fourth-order valence-electron chi connectivity index (χ4n) is 3.09. The minimum Gasteiger partial charge on any atom is -0.493 e. The van der Waals surface area contributed by atoms with Gasteiger partial charge in [0.25, 0.3) is 0 Å². The van der Waals surface area contributed by atoms with Gasteiger partial charge in [-0.1, -0.05) is 19.1 Å². The molecule has 0 bridgehead atoms. The SMILES string of the molecule is COC(=O)CC1COc2cc(C)ccc2C1C(C)C(=O)OC. The van der Waals surface area contributed by atoms with E-state index in [1.54, 1.807) is 0 Å². The molecule has 0 amide bonds. The van der Waals surface area contributed by atoms with E-state index in [0.717, 1.165) is 16.9 Å². The molecular formula is C17H22O5. The van der Waals surface area contributed by atoms with E-state index in [4.69, 9.17) is 14.2 Å². The third-order valence-electron chi connectivity index (χ3n) is 4.26. The number of aryl methyl sites for hydroxylation is 1. The fourth-order valence-corrected chi connectivity index (χ4v) is 3.09. The number of carbonyl (C=O) groups excluding carboxylic acids is 2. The number of fused-ring (bicyclic) bond motifs is 1. The van der Waals surface area contributed by atoms with Gasteiger partial charge in [0.15, 0.2) is 0 Å². The Morgan fingerprint density at radius 3 is 2.68 bits per heavy atom. The Kier molecular flexibility index (Phi) is 5.06. The quantitative estimate of drug-likeness (QED) is 0.800. The molecule has 1 aliphatic rings. The van der Waals surface area contributed by atoms with Crippen molar-refractivity contribution in [2.24, 2.45) is 11.8 Å². The lowest BCUT2D eigenvalue weighted by atomic mass is 9.74. The van der Waals surface area contributed by atoms with Crippen LogP contribution in [0.15, 0.2) is 18.2 Å². The number of rotatable bonds is 4. The van der Waals surface area contributed by atoms with Crippen LogP contribution in [0.1, 0.15) is 30.4 Å². The van der Waals surface area contributed by atoms with Crippen LogP contribution in [0.3, 0.4) is 0 Å². The first-order chi connectivity index (χ1) is 10.5. The van der Waals surface area contributed by atoms with Crippen molar-refractivity contribution >= 4 is 11.9 Å². The summed E-state index contributed by atoms with van der Waals surface area (Å²) >= 11 is 0. The largest absolute Gasteiger partial charge is 0.493 e. The summed E-state index contributed by atoms with van der Waals surface area (Å²) < 4.78 is 15.4. The summed E-state index contributed by atoms with van der Waals surface area (Å²) in [5.41, 5.74) is 2.04. The number of esters is 2. The summed E-state index contributed by atoms with van der Waals surface area (Å²) in [6, 6.07) is 5.92. The Morgan fingerprint density at radius 1 is 1.32 bits per heavy atom. The van der Waals surface area contributed by atoms with Crippen LogP contribution >= 0.6 is 0 Å². The van der Waals surface area contributed by atoms with E-state index in [2.05, 4.69) is 0 Å². The van der Waals surface area contributed by atoms with Crippen LogP contribution in [0.4, 0.5) is 0 Å². The molecule has 1 aromatic rings. The van der Waals surface area contributed by atoms with Gasteiger partial charge in [0.1, 0.15) is 5.75 Å². The Morgan fingerprint density at radius 2 is 2.05 bits per heavy atom. The number of methoxy groups -OCH3 is 2. The van der Waals surface area contributed by atoms with Crippen molar-refractivity contribution in [1.29, 1.82) is 0 Å². The standard InChI is InChI=1S/C17H22O5/c1-10-5-6-13-14(7-10)22-9-12(8-15(18)20-3)16(13)11(2)17(19)21-4/h5-7,11-12,16H,8-9H2,1-4H3. The van der Waals surface area contributed by atoms with Gasteiger partial charge in [0, 0.05) is 11.8 Å². The van der Waals surface area contributed by atoms with E-state index in [1.807, 2.05) is 32.0 Å². The molecule has 0 saturated heterocycles. The van der Waals surface area contributed by atoms with E-state index in [0.29, 0.717) is 6.61 Å². The molecule has 1 heterocycles. The number of hydrogen-bond donors (Lipinski definition) is 0. The van der Waals surface area contributed by atoms with Crippen LogP contribution in [0.5, 0.6) is 5.75 Å². The molecule has 5 heteroatoms. The van der Waals surface area contributed by atoms with Crippen molar-refractivity contribution in [3.05, 3.63) is 29.3 Å². The minimum atomic E-state index is -0.356. The summed E-state index contributed by atoms with van der Waals surface area (Å²) in [6.07, 6.45) is 0.218. The van der Waals surface area contributed by atoms with Crippen LogP contribution in [0.2, 0.25) is 0 Å². The molecule has 2 rings (SSSR count). The third kappa shape index (κ3) is 3.24. The molecule has 1 aromatic carbocycles. The smallest absolute Gasteiger partial charge is 0.309 e. The normalized spacial score (nSPS) is 21.3. The molecule has 1 aliphatic heterocycles. The first-order valence-electron chi connectivity index (χ1n) is 7.36. The Labute approximate surface area is 130 Å². The van der Waals surface area contributed by atoms with E-state index < -0.39 is 0 Å². The Bertz CT molecular complexity index is 566. The molecule has 0 aromatic heterocycles. The second-order valence-electron chi connectivity index (χ2n) is 5.73. The van der Waals surface area contributed by atoms with Crippen molar-refractivity contribution in [1.82, 2.24) is 0 Å². The maximum absolute atomic E-state index is 12.0. The molecule has 0 N–H and O–H groups in total. The molecular weight excluding hydrogens is 284 g/mol.